The Hall–Kier alpha value is -3.03. The highest BCUT2D eigenvalue weighted by atomic mass is 19.1. The molecule has 3 aromatic rings. The van der Waals surface area contributed by atoms with Crippen LogP contribution in [-0.4, -0.2) is 56.3 Å². The lowest BCUT2D eigenvalue weighted by Crippen LogP contribution is -2.35. The number of likely N-dealkylation sites (tertiary alicyclic amines) is 1. The van der Waals surface area contributed by atoms with Gasteiger partial charge in [0.15, 0.2) is 11.6 Å². The number of nitrogens with zero attached hydrogens (tertiary/aromatic N) is 3. The fraction of sp³-hybridized carbons (Fsp3) is 0.469. The molecule has 0 aliphatic carbocycles. The average molecular weight is 536 g/mol. The van der Waals surface area contributed by atoms with E-state index in [4.69, 9.17) is 14.5 Å². The first-order valence-corrected chi connectivity index (χ1v) is 14.2. The molecule has 0 saturated carbocycles. The second-order valence-electron chi connectivity index (χ2n) is 10.8. The van der Waals surface area contributed by atoms with E-state index in [1.165, 1.54) is 18.1 Å². The maximum atomic E-state index is 15.1. The summed E-state index contributed by atoms with van der Waals surface area (Å²) in [5, 5.41) is 0. The summed E-state index contributed by atoms with van der Waals surface area (Å²) in [6.45, 7) is 8.08. The number of rotatable bonds is 9. The first kappa shape index (κ1) is 27.5. The van der Waals surface area contributed by atoms with Crippen molar-refractivity contribution in [3.8, 4) is 17.0 Å². The standard InChI is InChI=1S/C32H39F2N3O2/c1-23-19-25(24-11-15-36(16-12-24)17-18-38-2)9-10-26(23)22-39-32-28(20-27(33)21-29(32)34)30-7-6-8-31(35-30)37-13-4-3-5-14-37/h6-10,19-21,24H,3-5,11-18,22H2,1-2H3. The maximum absolute atomic E-state index is 15.1. The van der Waals surface area contributed by atoms with Gasteiger partial charge in [0.2, 0.25) is 0 Å². The lowest BCUT2D eigenvalue weighted by molar-refractivity contribution is 0.130. The second kappa shape index (κ2) is 12.9. The normalized spacial score (nSPS) is 17.0. The van der Waals surface area contributed by atoms with Crippen LogP contribution in [0.3, 0.4) is 0 Å². The number of hydrogen-bond donors (Lipinski definition) is 0. The van der Waals surface area contributed by atoms with Crippen LogP contribution in [0.4, 0.5) is 14.6 Å². The number of halogens is 2. The monoisotopic (exact) mass is 535 g/mol. The van der Waals surface area contributed by atoms with Crippen molar-refractivity contribution in [3.05, 3.63) is 76.9 Å². The van der Waals surface area contributed by atoms with Gasteiger partial charge in [0.05, 0.1) is 12.3 Å². The number of ether oxygens (including phenoxy) is 2. The van der Waals surface area contributed by atoms with Crippen LogP contribution >= 0.6 is 0 Å². The lowest BCUT2D eigenvalue weighted by Gasteiger charge is -2.32. The number of benzene rings is 2. The van der Waals surface area contributed by atoms with Crippen molar-refractivity contribution in [1.29, 1.82) is 0 Å². The fourth-order valence-electron chi connectivity index (χ4n) is 5.76. The molecule has 208 valence electrons. The minimum atomic E-state index is -0.718. The first-order valence-electron chi connectivity index (χ1n) is 14.2. The summed E-state index contributed by atoms with van der Waals surface area (Å²) < 4.78 is 40.7. The number of methoxy groups -OCH3 is 1. The van der Waals surface area contributed by atoms with Gasteiger partial charge < -0.3 is 19.3 Å². The number of aromatic nitrogens is 1. The van der Waals surface area contributed by atoms with Gasteiger partial charge in [-0.05, 0) is 92.9 Å². The predicted octanol–water partition coefficient (Wildman–Crippen LogP) is 6.73. The number of anilines is 1. The predicted molar refractivity (Wildman–Crippen MR) is 151 cm³/mol. The van der Waals surface area contributed by atoms with Crippen molar-refractivity contribution in [2.75, 3.05) is 51.3 Å². The van der Waals surface area contributed by atoms with Gasteiger partial charge in [-0.1, -0.05) is 24.3 Å². The van der Waals surface area contributed by atoms with Gasteiger partial charge in [0.1, 0.15) is 18.2 Å². The van der Waals surface area contributed by atoms with Crippen molar-refractivity contribution >= 4 is 5.82 Å². The Morgan fingerprint density at radius 1 is 0.949 bits per heavy atom. The molecule has 0 bridgehead atoms. The Bertz CT molecular complexity index is 1250. The van der Waals surface area contributed by atoms with Gasteiger partial charge in [0.25, 0.3) is 0 Å². The quantitative estimate of drug-likeness (QED) is 0.304. The Morgan fingerprint density at radius 2 is 1.74 bits per heavy atom. The van der Waals surface area contributed by atoms with Crippen LogP contribution in [0.5, 0.6) is 5.75 Å². The topological polar surface area (TPSA) is 37.8 Å². The van der Waals surface area contributed by atoms with Crippen LogP contribution in [0.15, 0.2) is 48.5 Å². The summed E-state index contributed by atoms with van der Waals surface area (Å²) in [6, 6.07) is 14.3. The zero-order chi connectivity index (χ0) is 27.2. The van der Waals surface area contributed by atoms with E-state index in [0.29, 0.717) is 17.2 Å². The summed E-state index contributed by atoms with van der Waals surface area (Å²) >= 11 is 0. The van der Waals surface area contributed by atoms with Crippen LogP contribution in [0.25, 0.3) is 11.3 Å². The average Bonchev–Trinajstić information content (AvgIpc) is 2.96. The zero-order valence-corrected chi connectivity index (χ0v) is 23.1. The van der Waals surface area contributed by atoms with Gasteiger partial charge in [-0.2, -0.15) is 0 Å². The number of piperidine rings is 2. The molecule has 39 heavy (non-hydrogen) atoms. The van der Waals surface area contributed by atoms with Crippen molar-refractivity contribution in [3.63, 3.8) is 0 Å². The number of aryl methyl sites for hydroxylation is 1. The minimum Gasteiger partial charge on any atom is -0.485 e. The van der Waals surface area contributed by atoms with Gasteiger partial charge in [0, 0.05) is 38.4 Å². The smallest absolute Gasteiger partial charge is 0.168 e. The Morgan fingerprint density at radius 3 is 2.49 bits per heavy atom. The molecule has 2 aliphatic heterocycles. The Labute approximate surface area is 230 Å². The molecular formula is C32H39F2N3O2. The largest absolute Gasteiger partial charge is 0.485 e. The molecule has 1 aromatic heterocycles. The molecule has 7 heteroatoms. The van der Waals surface area contributed by atoms with E-state index in [0.717, 1.165) is 88.0 Å². The molecule has 2 aromatic carbocycles. The maximum Gasteiger partial charge on any atom is 0.168 e. The summed E-state index contributed by atoms with van der Waals surface area (Å²) in [7, 11) is 1.75. The van der Waals surface area contributed by atoms with Crippen molar-refractivity contribution in [2.24, 2.45) is 0 Å². The molecule has 0 N–H and O–H groups in total. The van der Waals surface area contributed by atoms with Crippen LogP contribution in [0.1, 0.15) is 54.7 Å². The van der Waals surface area contributed by atoms with Crippen LogP contribution in [0.2, 0.25) is 0 Å². The summed E-state index contributed by atoms with van der Waals surface area (Å²) in [5.41, 5.74) is 4.29. The van der Waals surface area contributed by atoms with E-state index in [2.05, 4.69) is 34.9 Å². The molecule has 0 unspecified atom stereocenters. The summed E-state index contributed by atoms with van der Waals surface area (Å²) in [5.74, 6) is 0.0424. The molecule has 2 aliphatic rings. The summed E-state index contributed by atoms with van der Waals surface area (Å²) in [4.78, 5) is 9.46. The van der Waals surface area contributed by atoms with E-state index >= 15 is 4.39 Å². The number of pyridine rings is 1. The van der Waals surface area contributed by atoms with Gasteiger partial charge in [-0.3, -0.25) is 0 Å². The van der Waals surface area contributed by atoms with Crippen LogP contribution in [-0.2, 0) is 11.3 Å². The third kappa shape index (κ3) is 6.76. The Balaban J connectivity index is 1.30. The zero-order valence-electron chi connectivity index (χ0n) is 23.1. The van der Waals surface area contributed by atoms with Crippen molar-refractivity contribution < 1.29 is 18.3 Å². The third-order valence-corrected chi connectivity index (χ3v) is 8.11. The first-order chi connectivity index (χ1) is 19.0. The molecule has 3 heterocycles. The molecule has 5 nitrogen and oxygen atoms in total. The van der Waals surface area contributed by atoms with E-state index < -0.39 is 11.6 Å². The van der Waals surface area contributed by atoms with Gasteiger partial charge in [-0.25, -0.2) is 13.8 Å². The van der Waals surface area contributed by atoms with E-state index in [1.807, 2.05) is 12.1 Å². The van der Waals surface area contributed by atoms with E-state index in [1.54, 1.807) is 13.2 Å². The highest BCUT2D eigenvalue weighted by Gasteiger charge is 2.22. The molecular weight excluding hydrogens is 496 g/mol. The molecule has 2 fully saturated rings. The molecule has 5 rings (SSSR count). The molecule has 0 amide bonds. The van der Waals surface area contributed by atoms with Crippen LogP contribution < -0.4 is 9.64 Å². The molecule has 2 saturated heterocycles. The van der Waals surface area contributed by atoms with Crippen molar-refractivity contribution in [2.45, 2.75) is 51.6 Å². The molecule has 0 spiro atoms. The fourth-order valence-corrected chi connectivity index (χ4v) is 5.76. The van der Waals surface area contributed by atoms with E-state index in [9.17, 15) is 4.39 Å². The van der Waals surface area contributed by atoms with Crippen molar-refractivity contribution in [1.82, 2.24) is 9.88 Å². The highest BCUT2D eigenvalue weighted by Crippen LogP contribution is 2.35. The number of hydrogen-bond acceptors (Lipinski definition) is 5. The second-order valence-corrected chi connectivity index (χ2v) is 10.8. The van der Waals surface area contributed by atoms with Gasteiger partial charge >= 0.3 is 0 Å². The third-order valence-electron chi connectivity index (χ3n) is 8.11. The Kier molecular flexibility index (Phi) is 9.09. The van der Waals surface area contributed by atoms with Crippen LogP contribution in [0, 0.1) is 18.6 Å². The molecule has 0 radical (unpaired) electrons. The summed E-state index contributed by atoms with van der Waals surface area (Å²) in [6.07, 6.45) is 5.73. The van der Waals surface area contributed by atoms with E-state index in [-0.39, 0.29) is 12.4 Å². The highest BCUT2D eigenvalue weighted by molar-refractivity contribution is 5.69. The van der Waals surface area contributed by atoms with Gasteiger partial charge in [-0.15, -0.1) is 0 Å². The SMILES string of the molecule is COCCN1CCC(c2ccc(COc3c(F)cc(F)cc3-c3cccc(N4CCCCC4)n3)c(C)c2)CC1. The minimum absolute atomic E-state index is 0.0339. The molecule has 0 atom stereocenters. The lowest BCUT2D eigenvalue weighted by atomic mass is 9.88.